The van der Waals surface area contributed by atoms with Crippen LogP contribution in [0.15, 0.2) is 40.6 Å². The molecule has 0 spiro atoms. The molecule has 0 fully saturated rings. The molecule has 0 unspecified atom stereocenters. The molecule has 0 aliphatic rings. The fraction of sp³-hybridized carbons (Fsp3) is 0.333. The molecule has 1 atom stereocenters. The minimum absolute atomic E-state index is 0.0782. The lowest BCUT2D eigenvalue weighted by Gasteiger charge is -2.17. The van der Waals surface area contributed by atoms with Gasteiger partial charge in [-0.1, -0.05) is 23.7 Å². The van der Waals surface area contributed by atoms with Crippen molar-refractivity contribution in [3.8, 4) is 0 Å². The third-order valence-corrected chi connectivity index (χ3v) is 6.18. The number of thiophene rings is 1. The first-order chi connectivity index (χ1) is 11.0. The highest BCUT2D eigenvalue weighted by molar-refractivity contribution is 7.89. The summed E-state index contributed by atoms with van der Waals surface area (Å²) in [6.45, 7) is 1.76. The van der Waals surface area contributed by atoms with Crippen LogP contribution >= 0.6 is 22.9 Å². The van der Waals surface area contributed by atoms with Crippen molar-refractivity contribution in [1.82, 2.24) is 4.72 Å². The molecular weight excluding hydrogens is 358 g/mol. The maximum atomic E-state index is 12.5. The quantitative estimate of drug-likeness (QED) is 0.743. The van der Waals surface area contributed by atoms with Crippen molar-refractivity contribution in [3.63, 3.8) is 0 Å². The second-order valence-corrected chi connectivity index (χ2v) is 7.94. The van der Waals surface area contributed by atoms with Crippen LogP contribution in [0.25, 0.3) is 0 Å². The monoisotopic (exact) mass is 375 g/mol. The van der Waals surface area contributed by atoms with Crippen LogP contribution < -0.4 is 4.72 Å². The topological polar surface area (TPSA) is 75.6 Å². The second-order valence-electron chi connectivity index (χ2n) is 4.81. The van der Waals surface area contributed by atoms with Gasteiger partial charge in [-0.25, -0.2) is 13.1 Å². The van der Waals surface area contributed by atoms with E-state index in [2.05, 4.69) is 4.72 Å². The van der Waals surface area contributed by atoms with Gasteiger partial charge in [0.25, 0.3) is 0 Å². The Balaban J connectivity index is 2.14. The van der Waals surface area contributed by atoms with Crippen LogP contribution in [-0.4, -0.2) is 33.3 Å². The first-order valence-electron chi connectivity index (χ1n) is 6.96. The summed E-state index contributed by atoms with van der Waals surface area (Å²) in [5, 5.41) is 11.2. The fourth-order valence-corrected chi connectivity index (χ4v) is 4.36. The van der Waals surface area contributed by atoms with Crippen LogP contribution in [0, 0.1) is 6.92 Å². The van der Waals surface area contributed by atoms with Crippen molar-refractivity contribution < 1.29 is 18.3 Å². The average Bonchev–Trinajstić information content (AvgIpc) is 3.04. The third kappa shape index (κ3) is 4.76. The van der Waals surface area contributed by atoms with Crippen LogP contribution in [0.2, 0.25) is 5.02 Å². The lowest BCUT2D eigenvalue weighted by Crippen LogP contribution is -2.30. The maximum Gasteiger partial charge on any atom is 0.240 e. The summed E-state index contributed by atoms with van der Waals surface area (Å²) in [6.07, 6.45) is -0.448. The number of rotatable bonds is 8. The van der Waals surface area contributed by atoms with E-state index in [0.717, 1.165) is 4.88 Å². The largest absolute Gasteiger partial charge is 0.394 e. The van der Waals surface area contributed by atoms with E-state index >= 15 is 0 Å². The molecule has 5 nitrogen and oxygen atoms in total. The minimum Gasteiger partial charge on any atom is -0.394 e. The summed E-state index contributed by atoms with van der Waals surface area (Å²) in [5.41, 5.74) is 0.505. The van der Waals surface area contributed by atoms with E-state index in [9.17, 15) is 8.42 Å². The molecule has 1 aromatic heterocycles. The van der Waals surface area contributed by atoms with Gasteiger partial charge in [0.1, 0.15) is 6.10 Å². The molecule has 23 heavy (non-hydrogen) atoms. The van der Waals surface area contributed by atoms with Crippen molar-refractivity contribution in [2.75, 3.05) is 19.8 Å². The van der Waals surface area contributed by atoms with E-state index in [1.165, 1.54) is 17.4 Å². The minimum atomic E-state index is -3.70. The van der Waals surface area contributed by atoms with Gasteiger partial charge >= 0.3 is 0 Å². The number of benzene rings is 1. The number of hydrogen-bond acceptors (Lipinski definition) is 5. The Morgan fingerprint density at radius 3 is 2.78 bits per heavy atom. The summed E-state index contributed by atoms with van der Waals surface area (Å²) in [5.74, 6) is 0. The number of sulfonamides is 1. The highest BCUT2D eigenvalue weighted by Crippen LogP contribution is 2.25. The van der Waals surface area contributed by atoms with Crippen molar-refractivity contribution in [2.45, 2.75) is 17.9 Å². The zero-order valence-electron chi connectivity index (χ0n) is 12.5. The highest BCUT2D eigenvalue weighted by atomic mass is 35.5. The molecule has 0 radical (unpaired) electrons. The molecule has 8 heteroatoms. The van der Waals surface area contributed by atoms with E-state index < -0.39 is 16.1 Å². The van der Waals surface area contributed by atoms with E-state index in [1.54, 1.807) is 19.1 Å². The summed E-state index contributed by atoms with van der Waals surface area (Å²) in [4.78, 5) is 1.04. The lowest BCUT2D eigenvalue weighted by molar-refractivity contribution is 0.0328. The van der Waals surface area contributed by atoms with Gasteiger partial charge in [0.2, 0.25) is 10.0 Å². The highest BCUT2D eigenvalue weighted by Gasteiger charge is 2.21. The van der Waals surface area contributed by atoms with Crippen molar-refractivity contribution >= 4 is 33.0 Å². The van der Waals surface area contributed by atoms with Gasteiger partial charge in [-0.3, -0.25) is 0 Å². The number of nitrogens with one attached hydrogen (secondary N) is 1. The molecule has 0 aliphatic heterocycles. The van der Waals surface area contributed by atoms with Crippen LogP contribution in [0.1, 0.15) is 16.5 Å². The molecule has 2 N–H and O–H groups in total. The fourth-order valence-electron chi connectivity index (χ4n) is 2.05. The van der Waals surface area contributed by atoms with E-state index in [-0.39, 0.29) is 24.7 Å². The molecule has 2 aromatic rings. The third-order valence-electron chi connectivity index (χ3n) is 3.24. The molecule has 0 amide bonds. The van der Waals surface area contributed by atoms with Crippen LogP contribution in [0.4, 0.5) is 0 Å². The summed E-state index contributed by atoms with van der Waals surface area (Å²) >= 11 is 7.46. The molecular formula is C15H18ClNO4S2. The Morgan fingerprint density at radius 2 is 2.13 bits per heavy atom. The smallest absolute Gasteiger partial charge is 0.240 e. The number of halogens is 1. The van der Waals surface area contributed by atoms with Gasteiger partial charge in [-0.15, -0.1) is 11.3 Å². The van der Waals surface area contributed by atoms with Crippen LogP contribution in [0.3, 0.4) is 0 Å². The van der Waals surface area contributed by atoms with Crippen LogP contribution in [-0.2, 0) is 14.8 Å². The van der Waals surface area contributed by atoms with Gasteiger partial charge in [0.05, 0.1) is 18.1 Å². The number of aliphatic hydroxyl groups excluding tert-OH is 1. The molecule has 0 saturated heterocycles. The molecule has 1 aromatic carbocycles. The molecule has 0 aliphatic carbocycles. The molecule has 0 saturated carbocycles. The average molecular weight is 376 g/mol. The Morgan fingerprint density at radius 1 is 1.35 bits per heavy atom. The van der Waals surface area contributed by atoms with Crippen molar-refractivity contribution in [1.29, 1.82) is 0 Å². The first kappa shape index (κ1) is 18.4. The molecule has 2 rings (SSSR count). The zero-order valence-corrected chi connectivity index (χ0v) is 14.9. The number of ether oxygens (including phenoxy) is 1. The van der Waals surface area contributed by atoms with Gasteiger partial charge in [-0.2, -0.15) is 0 Å². The number of aliphatic hydroxyl groups is 1. The zero-order chi connectivity index (χ0) is 16.9. The van der Waals surface area contributed by atoms with Crippen molar-refractivity contribution in [2.24, 2.45) is 0 Å². The number of hydrogen-bond donors (Lipinski definition) is 2. The Bertz CT molecular complexity index is 732. The second kappa shape index (κ2) is 8.23. The lowest BCUT2D eigenvalue weighted by atomic mass is 10.2. The Kier molecular flexibility index (Phi) is 6.58. The predicted octanol–water partition coefficient (Wildman–Crippen LogP) is 2.74. The van der Waals surface area contributed by atoms with Crippen LogP contribution in [0.5, 0.6) is 0 Å². The molecule has 126 valence electrons. The van der Waals surface area contributed by atoms with E-state index in [1.807, 2.05) is 17.5 Å². The Labute approximate surface area is 144 Å². The van der Waals surface area contributed by atoms with Gasteiger partial charge < -0.3 is 9.84 Å². The first-order valence-corrected chi connectivity index (χ1v) is 9.70. The molecule has 1 heterocycles. The summed E-state index contributed by atoms with van der Waals surface area (Å²) in [7, 11) is -3.70. The van der Waals surface area contributed by atoms with Gasteiger partial charge in [-0.05, 0) is 36.1 Å². The summed E-state index contributed by atoms with van der Waals surface area (Å²) in [6, 6.07) is 8.49. The molecule has 0 bridgehead atoms. The van der Waals surface area contributed by atoms with E-state index in [0.29, 0.717) is 10.6 Å². The standard InChI is InChI=1S/C15H18ClNO4S2/c1-11-12(16)4-2-6-15(11)23(19,20)17-10-13(21-8-7-18)14-5-3-9-22-14/h2-6,9,13,17-18H,7-8,10H2,1H3/t13-/m1/s1. The predicted molar refractivity (Wildman–Crippen MR) is 91.5 cm³/mol. The SMILES string of the molecule is Cc1c(Cl)cccc1S(=O)(=O)NC[C@@H](OCCO)c1cccs1. The normalized spacial score (nSPS) is 13.2. The van der Waals surface area contributed by atoms with E-state index in [4.69, 9.17) is 21.4 Å². The maximum absolute atomic E-state index is 12.5. The van der Waals surface area contributed by atoms with Gasteiger partial charge in [0.15, 0.2) is 0 Å². The summed E-state index contributed by atoms with van der Waals surface area (Å²) < 4.78 is 33.0. The van der Waals surface area contributed by atoms with Crippen molar-refractivity contribution in [3.05, 3.63) is 51.2 Å². The Hall–Kier alpha value is -0.960. The van der Waals surface area contributed by atoms with Gasteiger partial charge in [0, 0.05) is 16.4 Å².